The summed E-state index contributed by atoms with van der Waals surface area (Å²) in [5, 5.41) is 8.68. The van der Waals surface area contributed by atoms with Crippen LogP contribution in [0.4, 0.5) is 4.39 Å². The van der Waals surface area contributed by atoms with Crippen molar-refractivity contribution in [2.24, 2.45) is 5.41 Å². The van der Waals surface area contributed by atoms with E-state index in [-0.39, 0.29) is 41.8 Å². The smallest absolute Gasteiger partial charge is 0.303 e. The number of Topliss-reactive ketones (excluding diaryl/α,β-unsaturated/α-hetero) is 1. The summed E-state index contributed by atoms with van der Waals surface area (Å²) < 4.78 is 23.5. The van der Waals surface area contributed by atoms with Gasteiger partial charge in [-0.05, 0) is 17.9 Å². The van der Waals surface area contributed by atoms with Gasteiger partial charge in [-0.2, -0.15) is 0 Å². The van der Waals surface area contributed by atoms with E-state index in [2.05, 4.69) is 0 Å². The van der Waals surface area contributed by atoms with Gasteiger partial charge >= 0.3 is 5.97 Å². The van der Waals surface area contributed by atoms with Crippen LogP contribution in [0.2, 0.25) is 5.02 Å². The highest BCUT2D eigenvalue weighted by atomic mass is 35.5. The molecule has 7 heteroatoms. The maximum atomic E-state index is 13.5. The standard InChI is InChI=1S/C16H20ClFO5/c1-16(2,8-15(20)21)5-4-13(19)10-6-11(17)12(18)7-14(10)23-9-22-3/h6-7H,4-5,8-9H2,1-3H3,(H,20,21). The molecule has 1 aromatic carbocycles. The summed E-state index contributed by atoms with van der Waals surface area (Å²) in [5.74, 6) is -1.86. The van der Waals surface area contributed by atoms with Gasteiger partial charge in [0.1, 0.15) is 11.6 Å². The molecule has 0 unspecified atom stereocenters. The number of halogens is 2. The first kappa shape index (κ1) is 19.4. The number of ketones is 1. The third kappa shape index (κ3) is 6.15. The van der Waals surface area contributed by atoms with Gasteiger partial charge in [-0.3, -0.25) is 9.59 Å². The number of carboxylic acid groups (broad SMARTS) is 1. The fourth-order valence-corrected chi connectivity index (χ4v) is 2.24. The summed E-state index contributed by atoms with van der Waals surface area (Å²) >= 11 is 5.73. The van der Waals surface area contributed by atoms with Crippen molar-refractivity contribution in [1.29, 1.82) is 0 Å². The van der Waals surface area contributed by atoms with Gasteiger partial charge in [0.25, 0.3) is 0 Å². The number of carbonyl (C=O) groups is 2. The molecule has 0 aliphatic rings. The first-order valence-electron chi connectivity index (χ1n) is 7.02. The molecule has 0 aromatic heterocycles. The molecule has 1 rings (SSSR count). The highest BCUT2D eigenvalue weighted by Crippen LogP contribution is 2.31. The van der Waals surface area contributed by atoms with E-state index in [1.807, 2.05) is 0 Å². The van der Waals surface area contributed by atoms with Crippen molar-refractivity contribution in [2.75, 3.05) is 13.9 Å². The number of rotatable bonds is 9. The van der Waals surface area contributed by atoms with Crippen LogP contribution in [0.3, 0.4) is 0 Å². The lowest BCUT2D eigenvalue weighted by atomic mass is 9.83. The van der Waals surface area contributed by atoms with Crippen LogP contribution in [0.5, 0.6) is 5.75 Å². The highest BCUT2D eigenvalue weighted by Gasteiger charge is 2.24. The lowest BCUT2D eigenvalue weighted by molar-refractivity contribution is -0.139. The Bertz CT molecular complexity index is 586. The third-order valence-electron chi connectivity index (χ3n) is 3.31. The number of benzene rings is 1. The zero-order valence-corrected chi connectivity index (χ0v) is 14.1. The first-order chi connectivity index (χ1) is 10.7. The Hall–Kier alpha value is -1.66. The van der Waals surface area contributed by atoms with E-state index in [0.29, 0.717) is 6.42 Å². The lowest BCUT2D eigenvalue weighted by Gasteiger charge is -2.22. The van der Waals surface area contributed by atoms with Crippen LogP contribution in [0.15, 0.2) is 12.1 Å². The number of carboxylic acids is 1. The van der Waals surface area contributed by atoms with E-state index in [4.69, 9.17) is 26.2 Å². The minimum Gasteiger partial charge on any atom is -0.481 e. The van der Waals surface area contributed by atoms with Crippen LogP contribution in [-0.4, -0.2) is 30.8 Å². The van der Waals surface area contributed by atoms with Crippen molar-refractivity contribution in [2.45, 2.75) is 33.1 Å². The SMILES string of the molecule is COCOc1cc(F)c(Cl)cc1C(=O)CCC(C)(C)CC(=O)O. The largest absolute Gasteiger partial charge is 0.481 e. The molecule has 0 saturated carbocycles. The molecule has 0 aliphatic carbocycles. The Morgan fingerprint density at radius 3 is 2.57 bits per heavy atom. The Kier molecular flexibility index (Phi) is 6.97. The number of hydrogen-bond donors (Lipinski definition) is 1. The summed E-state index contributed by atoms with van der Waals surface area (Å²) in [4.78, 5) is 23.2. The third-order valence-corrected chi connectivity index (χ3v) is 3.60. The summed E-state index contributed by atoms with van der Waals surface area (Å²) in [6.07, 6.45) is 0.430. The fraction of sp³-hybridized carbons (Fsp3) is 0.500. The van der Waals surface area contributed by atoms with Crippen LogP contribution in [-0.2, 0) is 9.53 Å². The lowest BCUT2D eigenvalue weighted by Crippen LogP contribution is -2.18. The van der Waals surface area contributed by atoms with Crippen LogP contribution in [0.25, 0.3) is 0 Å². The molecule has 0 heterocycles. The van der Waals surface area contributed by atoms with Crippen molar-refractivity contribution in [3.8, 4) is 5.75 Å². The van der Waals surface area contributed by atoms with Gasteiger partial charge < -0.3 is 14.6 Å². The number of hydrogen-bond acceptors (Lipinski definition) is 4. The summed E-state index contributed by atoms with van der Waals surface area (Å²) in [5.41, 5.74) is -0.377. The van der Waals surface area contributed by atoms with E-state index in [1.54, 1.807) is 13.8 Å². The molecule has 0 aliphatic heterocycles. The molecule has 1 N–H and O–H groups in total. The van der Waals surface area contributed by atoms with Gasteiger partial charge in [-0.1, -0.05) is 25.4 Å². The van der Waals surface area contributed by atoms with Gasteiger partial charge in [0.2, 0.25) is 0 Å². The maximum absolute atomic E-state index is 13.5. The summed E-state index contributed by atoms with van der Waals surface area (Å²) in [6.45, 7) is 3.41. The first-order valence-corrected chi connectivity index (χ1v) is 7.40. The molecule has 5 nitrogen and oxygen atoms in total. The van der Waals surface area contributed by atoms with E-state index < -0.39 is 17.2 Å². The molecule has 1 aromatic rings. The van der Waals surface area contributed by atoms with Gasteiger partial charge in [-0.15, -0.1) is 0 Å². The minimum atomic E-state index is -0.920. The zero-order chi connectivity index (χ0) is 17.6. The predicted octanol–water partition coefficient (Wildman–Crippen LogP) is 3.93. The van der Waals surface area contributed by atoms with Crippen molar-refractivity contribution < 1.29 is 28.6 Å². The van der Waals surface area contributed by atoms with Gasteiger partial charge in [0, 0.05) is 19.6 Å². The predicted molar refractivity (Wildman–Crippen MR) is 83.5 cm³/mol. The Balaban J connectivity index is 2.89. The van der Waals surface area contributed by atoms with E-state index in [1.165, 1.54) is 13.2 Å². The molecule has 0 fully saturated rings. The molecule has 23 heavy (non-hydrogen) atoms. The molecule has 0 saturated heterocycles. The monoisotopic (exact) mass is 346 g/mol. The van der Waals surface area contributed by atoms with Crippen LogP contribution in [0, 0.1) is 11.2 Å². The van der Waals surface area contributed by atoms with Crippen molar-refractivity contribution in [3.05, 3.63) is 28.5 Å². The van der Waals surface area contributed by atoms with Crippen molar-refractivity contribution in [1.82, 2.24) is 0 Å². The minimum absolute atomic E-state index is 0.0442. The molecular weight excluding hydrogens is 327 g/mol. The Morgan fingerprint density at radius 2 is 2.00 bits per heavy atom. The average Bonchev–Trinajstić information content (AvgIpc) is 2.44. The van der Waals surface area contributed by atoms with Gasteiger partial charge in [0.05, 0.1) is 17.0 Å². The molecule has 0 atom stereocenters. The Labute approximate surface area is 139 Å². The van der Waals surface area contributed by atoms with Crippen molar-refractivity contribution in [3.63, 3.8) is 0 Å². The van der Waals surface area contributed by atoms with Gasteiger partial charge in [-0.25, -0.2) is 4.39 Å². The van der Waals surface area contributed by atoms with E-state index in [9.17, 15) is 14.0 Å². The normalized spacial score (nSPS) is 11.3. The quantitative estimate of drug-likeness (QED) is 0.542. The van der Waals surface area contributed by atoms with Gasteiger partial charge in [0.15, 0.2) is 12.6 Å². The summed E-state index contributed by atoms with van der Waals surface area (Å²) in [6, 6.07) is 2.26. The second kappa shape index (κ2) is 8.26. The topological polar surface area (TPSA) is 72.8 Å². The second-order valence-corrected chi connectivity index (χ2v) is 6.38. The van der Waals surface area contributed by atoms with E-state index in [0.717, 1.165) is 6.07 Å². The second-order valence-electron chi connectivity index (χ2n) is 5.97. The molecule has 0 radical (unpaired) electrons. The zero-order valence-electron chi connectivity index (χ0n) is 13.3. The van der Waals surface area contributed by atoms with Crippen molar-refractivity contribution >= 4 is 23.4 Å². The fourth-order valence-electron chi connectivity index (χ4n) is 2.07. The number of methoxy groups -OCH3 is 1. The average molecular weight is 347 g/mol. The molecule has 0 spiro atoms. The number of carbonyl (C=O) groups excluding carboxylic acids is 1. The highest BCUT2D eigenvalue weighted by molar-refractivity contribution is 6.31. The number of ether oxygens (including phenoxy) is 2. The Morgan fingerprint density at radius 1 is 1.35 bits per heavy atom. The molecule has 0 amide bonds. The number of aliphatic carboxylic acids is 1. The van der Waals surface area contributed by atoms with Crippen LogP contribution < -0.4 is 4.74 Å². The van der Waals surface area contributed by atoms with Crippen LogP contribution >= 0.6 is 11.6 Å². The molecule has 0 bridgehead atoms. The molecular formula is C16H20ClFO5. The van der Waals surface area contributed by atoms with Crippen LogP contribution in [0.1, 0.15) is 43.5 Å². The maximum Gasteiger partial charge on any atom is 0.303 e. The van der Waals surface area contributed by atoms with E-state index >= 15 is 0 Å². The molecule has 128 valence electrons. The summed E-state index contributed by atoms with van der Waals surface area (Å²) in [7, 11) is 1.40.